The molecule has 0 aliphatic carbocycles. The van der Waals surface area contributed by atoms with Crippen molar-refractivity contribution in [2.24, 2.45) is 0 Å². The van der Waals surface area contributed by atoms with E-state index in [-0.39, 0.29) is 52.8 Å². The molecule has 0 aliphatic rings. The molecule has 0 rings (SSSR count). The molecule has 0 atom stereocenters. The zero-order valence-electron chi connectivity index (χ0n) is 4.88. The first kappa shape index (κ1) is 13.0. The normalized spacial score (nSPS) is 10.4. The summed E-state index contributed by atoms with van der Waals surface area (Å²) in [7, 11) is -4.12. The summed E-state index contributed by atoms with van der Waals surface area (Å²) in [5.41, 5.74) is 0. The SMILES string of the molecule is O=P(O)(OCl)OCl.[H-].[K+]. The third-order valence-corrected chi connectivity index (χ3v) is 1.57. The van der Waals surface area contributed by atoms with Gasteiger partial charge in [-0.25, -0.2) is 4.57 Å². The number of hydrogen-bond donors (Lipinski definition) is 1. The number of rotatable bonds is 2. The van der Waals surface area contributed by atoms with E-state index in [9.17, 15) is 4.57 Å². The van der Waals surface area contributed by atoms with Crippen LogP contribution in [0.1, 0.15) is 1.43 Å². The molecule has 8 heavy (non-hydrogen) atoms. The summed E-state index contributed by atoms with van der Waals surface area (Å²) >= 11 is 8.74. The summed E-state index contributed by atoms with van der Waals surface area (Å²) in [5.74, 6) is 0. The maximum absolute atomic E-state index is 9.80. The molecule has 0 unspecified atom stereocenters. The van der Waals surface area contributed by atoms with Crippen LogP contribution < -0.4 is 51.4 Å². The van der Waals surface area contributed by atoms with Crippen LogP contribution in [0.4, 0.5) is 0 Å². The van der Waals surface area contributed by atoms with Gasteiger partial charge in [0.25, 0.3) is 0 Å². The third kappa shape index (κ3) is 6.45. The van der Waals surface area contributed by atoms with Gasteiger partial charge in [-0.15, -0.1) is 0 Å². The molecule has 0 saturated heterocycles. The molecule has 0 amide bonds. The molecule has 0 aromatic carbocycles. The molecule has 0 bridgehead atoms. The third-order valence-electron chi connectivity index (χ3n) is 0.174. The van der Waals surface area contributed by atoms with Crippen LogP contribution in [0.2, 0.25) is 0 Å². The Morgan fingerprint density at radius 1 is 1.50 bits per heavy atom. The van der Waals surface area contributed by atoms with Crippen LogP contribution >= 0.6 is 31.6 Å². The van der Waals surface area contributed by atoms with Gasteiger partial charge >= 0.3 is 59.2 Å². The van der Waals surface area contributed by atoms with Gasteiger partial charge in [-0.05, 0) is 0 Å². The Hall–Kier alpha value is 2.33. The molecule has 1 N–H and O–H groups in total. The first-order chi connectivity index (χ1) is 3.12. The van der Waals surface area contributed by atoms with Crippen molar-refractivity contribution in [2.75, 3.05) is 0 Å². The fraction of sp³-hybridized carbons (Fsp3) is 0. The number of phosphoric acid groups is 1. The standard InChI is InChI=1S/Cl2HO4P.K.H/c1-5-7(3,4)6-2;;/h(H,3,4);;/q;+1;-1. The summed E-state index contributed by atoms with van der Waals surface area (Å²) in [6.07, 6.45) is 0. The smallest absolute Gasteiger partial charge is 1.00 e. The molecule has 0 spiro atoms. The minimum Gasteiger partial charge on any atom is -1.00 e. The van der Waals surface area contributed by atoms with Gasteiger partial charge in [0.1, 0.15) is 0 Å². The van der Waals surface area contributed by atoms with Gasteiger partial charge in [0.15, 0.2) is 0 Å². The largest absolute Gasteiger partial charge is 1.00 e. The van der Waals surface area contributed by atoms with Crippen molar-refractivity contribution >= 4 is 31.6 Å². The van der Waals surface area contributed by atoms with Crippen LogP contribution in [0.25, 0.3) is 0 Å². The quantitative estimate of drug-likeness (QED) is 0.444. The second-order valence-electron chi connectivity index (χ2n) is 0.607. The minimum atomic E-state index is -4.12. The van der Waals surface area contributed by atoms with E-state index in [1.165, 1.54) is 0 Å². The Balaban J connectivity index is -0.000000180. The molecule has 4 nitrogen and oxygen atoms in total. The monoisotopic (exact) mass is 206 g/mol. The van der Waals surface area contributed by atoms with E-state index in [4.69, 9.17) is 4.89 Å². The van der Waals surface area contributed by atoms with Crippen molar-refractivity contribution in [1.29, 1.82) is 0 Å². The fourth-order valence-electron chi connectivity index (χ4n) is 0.0106. The molecule has 0 heterocycles. The molecule has 0 fully saturated rings. The molecular weight excluding hydrogens is 205 g/mol. The summed E-state index contributed by atoms with van der Waals surface area (Å²) < 4.78 is 16.4. The van der Waals surface area contributed by atoms with Gasteiger partial charge in [0.05, 0.1) is 23.7 Å². The van der Waals surface area contributed by atoms with Crippen LogP contribution in [0, 0.1) is 0 Å². The summed E-state index contributed by atoms with van der Waals surface area (Å²) in [4.78, 5) is 7.98. The molecule has 0 aliphatic heterocycles. The van der Waals surface area contributed by atoms with Crippen molar-refractivity contribution < 1.29 is 70.4 Å². The van der Waals surface area contributed by atoms with Crippen molar-refractivity contribution in [3.05, 3.63) is 0 Å². The van der Waals surface area contributed by atoms with Gasteiger partial charge in [-0.3, -0.25) is 0 Å². The van der Waals surface area contributed by atoms with Crippen LogP contribution in [-0.2, 0) is 12.7 Å². The van der Waals surface area contributed by atoms with Gasteiger partial charge < -0.3 is 6.32 Å². The van der Waals surface area contributed by atoms with E-state index in [0.29, 0.717) is 0 Å². The Morgan fingerprint density at radius 3 is 1.75 bits per heavy atom. The van der Waals surface area contributed by atoms with Crippen molar-refractivity contribution in [3.63, 3.8) is 0 Å². The summed E-state index contributed by atoms with van der Waals surface area (Å²) in [6, 6.07) is 0. The van der Waals surface area contributed by atoms with Crippen molar-refractivity contribution in [3.8, 4) is 0 Å². The van der Waals surface area contributed by atoms with Crippen molar-refractivity contribution in [2.45, 2.75) is 0 Å². The molecule has 0 aromatic heterocycles. The summed E-state index contributed by atoms with van der Waals surface area (Å²) in [6.45, 7) is 0. The second kappa shape index (κ2) is 6.06. The molecule has 0 radical (unpaired) electrons. The van der Waals surface area contributed by atoms with Gasteiger partial charge in [0.2, 0.25) is 0 Å². The topological polar surface area (TPSA) is 55.8 Å². The van der Waals surface area contributed by atoms with Crippen LogP contribution in [0.3, 0.4) is 0 Å². The van der Waals surface area contributed by atoms with Crippen LogP contribution in [-0.4, -0.2) is 4.89 Å². The van der Waals surface area contributed by atoms with Gasteiger partial charge in [-0.2, -0.15) is 8.15 Å². The zero-order valence-corrected chi connectivity index (χ0v) is 9.40. The Kier molecular flexibility index (Phi) is 9.82. The van der Waals surface area contributed by atoms with Crippen LogP contribution in [0.5, 0.6) is 0 Å². The predicted molar refractivity (Wildman–Crippen MR) is 24.8 cm³/mol. The van der Waals surface area contributed by atoms with Crippen molar-refractivity contribution in [1.82, 2.24) is 0 Å². The van der Waals surface area contributed by atoms with E-state index in [0.717, 1.165) is 0 Å². The average molecular weight is 207 g/mol. The van der Waals surface area contributed by atoms with E-state index in [1.807, 2.05) is 0 Å². The molecule has 0 aromatic rings. The van der Waals surface area contributed by atoms with Gasteiger partial charge in [-0.1, -0.05) is 0 Å². The molecular formula is H2Cl2KO4P. The predicted octanol–water partition coefficient (Wildman–Crippen LogP) is -1.46. The Bertz CT molecular complexity index is 90.6. The number of hydrogen-bond acceptors (Lipinski definition) is 3. The Morgan fingerprint density at radius 2 is 1.75 bits per heavy atom. The molecule has 46 valence electrons. The second-order valence-corrected chi connectivity index (χ2v) is 2.65. The van der Waals surface area contributed by atoms with E-state index in [1.54, 1.807) is 0 Å². The zero-order chi connectivity index (χ0) is 5.91. The number of halogens is 2. The summed E-state index contributed by atoms with van der Waals surface area (Å²) in [5, 5.41) is 0. The fourth-order valence-corrected chi connectivity index (χ4v) is 0.287. The van der Waals surface area contributed by atoms with Crippen LogP contribution in [0.15, 0.2) is 0 Å². The Labute approximate surface area is 100 Å². The minimum absolute atomic E-state index is 0. The van der Waals surface area contributed by atoms with E-state index >= 15 is 0 Å². The maximum atomic E-state index is 9.80. The average Bonchev–Trinajstić information content (AvgIpc) is 1.68. The van der Waals surface area contributed by atoms with Gasteiger partial charge in [0, 0.05) is 0 Å². The molecule has 0 saturated carbocycles. The van der Waals surface area contributed by atoms with E-state index < -0.39 is 7.82 Å². The first-order valence-electron chi connectivity index (χ1n) is 1.06. The van der Waals surface area contributed by atoms with E-state index in [2.05, 4.69) is 31.9 Å². The maximum Gasteiger partial charge on any atom is 1.00 e. The first-order valence-corrected chi connectivity index (χ1v) is 3.17. The molecule has 8 heteroatoms.